The molecule has 2 amide bonds. The van der Waals surface area contributed by atoms with Crippen LogP contribution in [0, 0.1) is 5.92 Å². The lowest BCUT2D eigenvalue weighted by molar-refractivity contribution is -0.119. The van der Waals surface area contributed by atoms with E-state index in [1.165, 1.54) is 12.1 Å². The van der Waals surface area contributed by atoms with Crippen molar-refractivity contribution in [3.63, 3.8) is 0 Å². The molecule has 0 aliphatic rings. The molecule has 0 saturated carbocycles. The quantitative estimate of drug-likeness (QED) is 0.327. The lowest BCUT2D eigenvalue weighted by Crippen LogP contribution is -2.34. The average Bonchev–Trinajstić information content (AvgIpc) is 2.92. The Morgan fingerprint density at radius 3 is 2.13 bits per heavy atom. The van der Waals surface area contributed by atoms with Crippen LogP contribution in [-0.4, -0.2) is 47.4 Å². The zero-order valence-electron chi connectivity index (χ0n) is 23.1. The second kappa shape index (κ2) is 13.8. The number of nitrogens with zero attached hydrogens (tertiary/aromatic N) is 2. The predicted octanol–water partition coefficient (Wildman–Crippen LogP) is 4.43. The molecule has 0 unspecified atom stereocenters. The van der Waals surface area contributed by atoms with Gasteiger partial charge >= 0.3 is 0 Å². The van der Waals surface area contributed by atoms with Crippen LogP contribution in [0.15, 0.2) is 83.8 Å². The highest BCUT2D eigenvalue weighted by Crippen LogP contribution is 2.31. The fourth-order valence-electron chi connectivity index (χ4n) is 4.06. The highest BCUT2D eigenvalue weighted by molar-refractivity contribution is 7.90. The Morgan fingerprint density at radius 2 is 1.49 bits per heavy atom. The maximum Gasteiger partial charge on any atom is 0.264 e. The van der Waals surface area contributed by atoms with Crippen molar-refractivity contribution in [3.8, 4) is 0 Å². The van der Waals surface area contributed by atoms with Crippen molar-refractivity contribution >= 4 is 33.2 Å². The number of hydrogen-bond donors (Lipinski definition) is 2. The third-order valence-corrected chi connectivity index (χ3v) is 7.69. The van der Waals surface area contributed by atoms with E-state index in [1.54, 1.807) is 24.3 Å². The summed E-state index contributed by atoms with van der Waals surface area (Å²) in [7, 11) is 0.107. The van der Waals surface area contributed by atoms with Gasteiger partial charge in [0.05, 0.1) is 16.3 Å². The van der Waals surface area contributed by atoms with Gasteiger partial charge in [-0.1, -0.05) is 62.4 Å². The SMILES string of the molecule is CC(C)CCN(C)c1ccc(C(=O)NCCC(=O)NS(=O)(=O)c2ccccc2)cc1N(C)Cc1ccccc1. The predicted molar refractivity (Wildman–Crippen MR) is 156 cm³/mol. The van der Waals surface area contributed by atoms with E-state index >= 15 is 0 Å². The van der Waals surface area contributed by atoms with Crippen molar-refractivity contribution in [1.29, 1.82) is 0 Å². The first-order valence-electron chi connectivity index (χ1n) is 13.1. The molecule has 0 saturated heterocycles. The summed E-state index contributed by atoms with van der Waals surface area (Å²) in [4.78, 5) is 29.5. The molecule has 3 rings (SSSR count). The molecule has 0 aliphatic carbocycles. The van der Waals surface area contributed by atoms with Gasteiger partial charge in [0.2, 0.25) is 5.91 Å². The number of carbonyl (C=O) groups excluding carboxylic acids is 2. The van der Waals surface area contributed by atoms with Gasteiger partial charge in [0.25, 0.3) is 15.9 Å². The van der Waals surface area contributed by atoms with Crippen molar-refractivity contribution in [2.45, 2.75) is 38.1 Å². The summed E-state index contributed by atoms with van der Waals surface area (Å²) in [5, 5.41) is 2.73. The maximum absolute atomic E-state index is 13.0. The molecule has 0 radical (unpaired) electrons. The topological polar surface area (TPSA) is 98.8 Å². The highest BCUT2D eigenvalue weighted by Gasteiger charge is 2.19. The maximum atomic E-state index is 13.0. The first kappa shape index (κ1) is 29.7. The third kappa shape index (κ3) is 8.85. The number of rotatable bonds is 13. The van der Waals surface area contributed by atoms with E-state index in [0.717, 1.165) is 29.9 Å². The molecule has 0 spiro atoms. The summed E-state index contributed by atoms with van der Waals surface area (Å²) in [5.74, 6) is -0.452. The normalized spacial score (nSPS) is 11.2. The molecule has 208 valence electrons. The van der Waals surface area contributed by atoms with Crippen LogP contribution < -0.4 is 19.8 Å². The molecule has 0 aliphatic heterocycles. The number of carbonyl (C=O) groups is 2. The van der Waals surface area contributed by atoms with Crippen LogP contribution in [0.25, 0.3) is 0 Å². The fraction of sp³-hybridized carbons (Fsp3) is 0.333. The molecule has 3 aromatic rings. The fourth-order valence-corrected chi connectivity index (χ4v) is 5.09. The van der Waals surface area contributed by atoms with Crippen molar-refractivity contribution in [3.05, 3.63) is 90.0 Å². The number of hydrogen-bond acceptors (Lipinski definition) is 6. The highest BCUT2D eigenvalue weighted by atomic mass is 32.2. The Morgan fingerprint density at radius 1 is 0.846 bits per heavy atom. The van der Waals surface area contributed by atoms with E-state index < -0.39 is 15.9 Å². The monoisotopic (exact) mass is 550 g/mol. The summed E-state index contributed by atoms with van der Waals surface area (Å²) in [5.41, 5.74) is 3.56. The Kier molecular flexibility index (Phi) is 10.5. The minimum absolute atomic E-state index is 0.000205. The molecule has 0 bridgehead atoms. The van der Waals surface area contributed by atoms with Crippen LogP contribution in [0.5, 0.6) is 0 Å². The van der Waals surface area contributed by atoms with E-state index in [1.807, 2.05) is 42.1 Å². The van der Waals surface area contributed by atoms with Gasteiger partial charge in [-0.15, -0.1) is 0 Å². The van der Waals surface area contributed by atoms with E-state index in [0.29, 0.717) is 18.0 Å². The zero-order valence-corrected chi connectivity index (χ0v) is 23.9. The number of sulfonamides is 1. The van der Waals surface area contributed by atoms with E-state index in [-0.39, 0.29) is 23.8 Å². The second-order valence-corrected chi connectivity index (χ2v) is 11.7. The van der Waals surface area contributed by atoms with Crippen LogP contribution in [0.2, 0.25) is 0 Å². The Hall–Kier alpha value is -3.85. The molecule has 9 heteroatoms. The number of amides is 2. The molecular formula is C30H38N4O4S. The Balaban J connectivity index is 1.68. The largest absolute Gasteiger partial charge is 0.373 e. The molecule has 0 atom stereocenters. The van der Waals surface area contributed by atoms with Crippen molar-refractivity contribution in [1.82, 2.24) is 10.0 Å². The molecule has 8 nitrogen and oxygen atoms in total. The van der Waals surface area contributed by atoms with E-state index in [2.05, 4.69) is 48.1 Å². The van der Waals surface area contributed by atoms with Gasteiger partial charge in [-0.25, -0.2) is 13.1 Å². The third-order valence-electron chi connectivity index (χ3n) is 6.30. The van der Waals surface area contributed by atoms with Gasteiger partial charge in [0.15, 0.2) is 0 Å². The Labute approximate surface area is 232 Å². The van der Waals surface area contributed by atoms with Gasteiger partial charge in [-0.05, 0) is 48.2 Å². The number of benzene rings is 3. The van der Waals surface area contributed by atoms with Gasteiger partial charge in [0.1, 0.15) is 0 Å². The van der Waals surface area contributed by atoms with Gasteiger partial charge in [0, 0.05) is 45.7 Å². The summed E-state index contributed by atoms with van der Waals surface area (Å²) in [6.45, 7) is 5.95. The molecule has 0 heterocycles. The first-order chi connectivity index (χ1) is 18.6. The van der Waals surface area contributed by atoms with Gasteiger partial charge in [-0.3, -0.25) is 9.59 Å². The standard InChI is InChI=1S/C30H38N4O4S/c1-23(2)18-20-33(3)27-16-15-25(21-28(27)34(4)22-24-11-7-5-8-12-24)30(36)31-19-17-29(35)32-39(37,38)26-13-9-6-10-14-26/h5-16,21,23H,17-20,22H2,1-4H3,(H,31,36)(H,32,35). The number of anilines is 2. The van der Waals surface area contributed by atoms with Crippen molar-refractivity contribution < 1.29 is 18.0 Å². The van der Waals surface area contributed by atoms with Crippen LogP contribution in [0.3, 0.4) is 0 Å². The first-order valence-corrected chi connectivity index (χ1v) is 14.5. The molecule has 39 heavy (non-hydrogen) atoms. The van der Waals surface area contributed by atoms with E-state index in [9.17, 15) is 18.0 Å². The minimum atomic E-state index is -3.95. The minimum Gasteiger partial charge on any atom is -0.373 e. The molecule has 0 fully saturated rings. The smallest absolute Gasteiger partial charge is 0.264 e. The van der Waals surface area contributed by atoms with Crippen LogP contribution in [-0.2, 0) is 21.4 Å². The summed E-state index contributed by atoms with van der Waals surface area (Å²) >= 11 is 0. The second-order valence-electron chi connectivity index (χ2n) is 10.00. The molecular weight excluding hydrogens is 512 g/mol. The lowest BCUT2D eigenvalue weighted by atomic mass is 10.1. The number of nitrogens with one attached hydrogen (secondary N) is 2. The molecule has 3 aromatic carbocycles. The van der Waals surface area contributed by atoms with E-state index in [4.69, 9.17) is 0 Å². The zero-order chi connectivity index (χ0) is 28.4. The summed E-state index contributed by atoms with van der Waals surface area (Å²) in [6.07, 6.45) is 0.872. The van der Waals surface area contributed by atoms with Gasteiger partial charge < -0.3 is 15.1 Å². The van der Waals surface area contributed by atoms with Crippen molar-refractivity contribution in [2.75, 3.05) is 37.0 Å². The lowest BCUT2D eigenvalue weighted by Gasteiger charge is -2.29. The molecule has 0 aromatic heterocycles. The van der Waals surface area contributed by atoms with Crippen molar-refractivity contribution in [2.24, 2.45) is 5.92 Å². The van der Waals surface area contributed by atoms with Crippen LogP contribution in [0.1, 0.15) is 42.6 Å². The average molecular weight is 551 g/mol. The van der Waals surface area contributed by atoms with Crippen LogP contribution in [0.4, 0.5) is 11.4 Å². The Bertz CT molecular complexity index is 1350. The van der Waals surface area contributed by atoms with Crippen LogP contribution >= 0.6 is 0 Å². The summed E-state index contributed by atoms with van der Waals surface area (Å²) < 4.78 is 26.7. The van der Waals surface area contributed by atoms with Gasteiger partial charge in [-0.2, -0.15) is 0 Å². The molecule has 2 N–H and O–H groups in total. The summed E-state index contributed by atoms with van der Waals surface area (Å²) in [6, 6.07) is 23.4.